The lowest BCUT2D eigenvalue weighted by atomic mass is 10.2. The lowest BCUT2D eigenvalue weighted by Gasteiger charge is -2.20. The molecule has 0 amide bonds. The van der Waals surface area contributed by atoms with Crippen LogP contribution in [0.2, 0.25) is 0 Å². The maximum Gasteiger partial charge on any atom is 0.0738 e. The van der Waals surface area contributed by atoms with Gasteiger partial charge < -0.3 is 19.7 Å². The molecule has 0 radical (unpaired) electrons. The second-order valence-electron chi connectivity index (χ2n) is 4.81. The molecule has 0 aromatic carbocycles. The summed E-state index contributed by atoms with van der Waals surface area (Å²) in [7, 11) is 7.72. The highest BCUT2D eigenvalue weighted by atomic mass is 79.9. The average Bonchev–Trinajstić information content (AvgIpc) is 2.78. The summed E-state index contributed by atoms with van der Waals surface area (Å²) < 4.78 is 13.6. The maximum atomic E-state index is 5.63. The van der Waals surface area contributed by atoms with E-state index in [1.54, 1.807) is 7.11 Å². The van der Waals surface area contributed by atoms with Crippen LogP contribution in [0, 0.1) is 0 Å². The van der Waals surface area contributed by atoms with E-state index in [0.717, 1.165) is 23.3 Å². The van der Waals surface area contributed by atoms with E-state index in [0.29, 0.717) is 19.8 Å². The minimum Gasteiger partial charge on any atom is -0.382 e. The van der Waals surface area contributed by atoms with E-state index in [1.165, 1.54) is 0 Å². The summed E-state index contributed by atoms with van der Waals surface area (Å²) in [5, 5.41) is 7.70. The Kier molecular flexibility index (Phi) is 8.32. The third kappa shape index (κ3) is 5.49. The molecule has 0 aliphatic rings. The van der Waals surface area contributed by atoms with E-state index in [9.17, 15) is 0 Å². The molecule has 6 nitrogen and oxygen atoms in total. The third-order valence-electron chi connectivity index (χ3n) is 2.99. The molecular weight excluding hydrogens is 324 g/mol. The van der Waals surface area contributed by atoms with Gasteiger partial charge in [0.2, 0.25) is 0 Å². The van der Waals surface area contributed by atoms with E-state index in [4.69, 9.17) is 9.47 Å². The first-order valence-corrected chi connectivity index (χ1v) is 7.49. The van der Waals surface area contributed by atoms with Gasteiger partial charge in [0.05, 0.1) is 48.8 Å². The standard InChI is InChI=1S/C13H25BrN4O2/c1-15-12(10-20-8-7-19-4)13-11(14)9-16-18(13)6-5-17(2)3/h9,12,15H,5-8,10H2,1-4H3. The largest absolute Gasteiger partial charge is 0.382 e. The van der Waals surface area contributed by atoms with Gasteiger partial charge in [0.25, 0.3) is 0 Å². The van der Waals surface area contributed by atoms with Crippen LogP contribution in [0.15, 0.2) is 10.7 Å². The molecule has 0 spiro atoms. The Labute approximate surface area is 129 Å². The number of likely N-dealkylation sites (N-methyl/N-ethyl adjacent to an activating group) is 2. The van der Waals surface area contributed by atoms with Crippen LogP contribution < -0.4 is 5.32 Å². The Balaban J connectivity index is 2.67. The number of aromatic nitrogens is 2. The van der Waals surface area contributed by atoms with Crippen molar-refractivity contribution in [2.75, 3.05) is 54.6 Å². The molecule has 1 heterocycles. The lowest BCUT2D eigenvalue weighted by Crippen LogP contribution is -2.28. The van der Waals surface area contributed by atoms with Crippen molar-refractivity contribution in [3.05, 3.63) is 16.4 Å². The molecule has 1 unspecified atom stereocenters. The van der Waals surface area contributed by atoms with Crippen molar-refractivity contribution in [2.45, 2.75) is 12.6 Å². The predicted molar refractivity (Wildman–Crippen MR) is 83.0 cm³/mol. The maximum absolute atomic E-state index is 5.63. The zero-order valence-corrected chi connectivity index (χ0v) is 14.3. The van der Waals surface area contributed by atoms with Crippen molar-refractivity contribution in [1.82, 2.24) is 20.0 Å². The van der Waals surface area contributed by atoms with Crippen molar-refractivity contribution < 1.29 is 9.47 Å². The Morgan fingerprint density at radius 2 is 2.20 bits per heavy atom. The molecule has 0 saturated heterocycles. The second-order valence-corrected chi connectivity index (χ2v) is 5.67. The fourth-order valence-electron chi connectivity index (χ4n) is 1.83. The van der Waals surface area contributed by atoms with Crippen molar-refractivity contribution >= 4 is 15.9 Å². The molecule has 0 aliphatic carbocycles. The average molecular weight is 349 g/mol. The smallest absolute Gasteiger partial charge is 0.0738 e. The van der Waals surface area contributed by atoms with Gasteiger partial charge in [0.1, 0.15) is 0 Å². The molecule has 1 rings (SSSR count). The van der Waals surface area contributed by atoms with Crippen LogP contribution in [0.3, 0.4) is 0 Å². The summed E-state index contributed by atoms with van der Waals surface area (Å²) in [6.07, 6.45) is 1.84. The summed E-state index contributed by atoms with van der Waals surface area (Å²) in [5.41, 5.74) is 1.12. The zero-order chi connectivity index (χ0) is 15.0. The molecule has 0 saturated carbocycles. The monoisotopic (exact) mass is 348 g/mol. The molecule has 0 aliphatic heterocycles. The van der Waals surface area contributed by atoms with E-state index >= 15 is 0 Å². The second kappa shape index (κ2) is 9.46. The molecule has 7 heteroatoms. The van der Waals surface area contributed by atoms with Gasteiger partial charge in [0.15, 0.2) is 0 Å². The number of nitrogens with zero attached hydrogens (tertiary/aromatic N) is 3. The number of hydrogen-bond donors (Lipinski definition) is 1. The molecule has 0 bridgehead atoms. The Morgan fingerprint density at radius 3 is 2.80 bits per heavy atom. The Bertz CT molecular complexity index is 384. The normalized spacial score (nSPS) is 13.1. The molecule has 0 fully saturated rings. The van der Waals surface area contributed by atoms with Crippen molar-refractivity contribution in [3.63, 3.8) is 0 Å². The van der Waals surface area contributed by atoms with E-state index in [-0.39, 0.29) is 6.04 Å². The molecule has 20 heavy (non-hydrogen) atoms. The predicted octanol–water partition coefficient (Wildman–Crippen LogP) is 1.13. The molecule has 1 atom stereocenters. The lowest BCUT2D eigenvalue weighted by molar-refractivity contribution is 0.0583. The molecule has 1 aromatic rings. The fourth-order valence-corrected chi connectivity index (χ4v) is 2.41. The highest BCUT2D eigenvalue weighted by Crippen LogP contribution is 2.23. The van der Waals surface area contributed by atoms with Crippen LogP contribution >= 0.6 is 15.9 Å². The molecular formula is C13H25BrN4O2. The molecule has 1 aromatic heterocycles. The van der Waals surface area contributed by atoms with Gasteiger partial charge in [-0.2, -0.15) is 5.10 Å². The van der Waals surface area contributed by atoms with Gasteiger partial charge in [0, 0.05) is 13.7 Å². The van der Waals surface area contributed by atoms with Gasteiger partial charge in [-0.15, -0.1) is 0 Å². The number of rotatable bonds is 10. The fraction of sp³-hybridized carbons (Fsp3) is 0.769. The summed E-state index contributed by atoms with van der Waals surface area (Å²) in [4.78, 5) is 2.14. The topological polar surface area (TPSA) is 51.5 Å². The van der Waals surface area contributed by atoms with Gasteiger partial charge in [-0.3, -0.25) is 4.68 Å². The summed E-state index contributed by atoms with van der Waals surface area (Å²) >= 11 is 3.57. The van der Waals surface area contributed by atoms with Crippen LogP contribution in [-0.2, 0) is 16.0 Å². The van der Waals surface area contributed by atoms with Crippen molar-refractivity contribution in [2.24, 2.45) is 0 Å². The van der Waals surface area contributed by atoms with Gasteiger partial charge in [-0.1, -0.05) is 0 Å². The summed E-state index contributed by atoms with van der Waals surface area (Å²) in [6, 6.07) is 0.103. The SMILES string of the molecule is CNC(COCCOC)c1c(Br)cnn1CCN(C)C. The Hall–Kier alpha value is -0.470. The van der Waals surface area contributed by atoms with E-state index < -0.39 is 0 Å². The van der Waals surface area contributed by atoms with Crippen LogP contribution in [0.1, 0.15) is 11.7 Å². The van der Waals surface area contributed by atoms with E-state index in [1.807, 2.05) is 17.9 Å². The minimum absolute atomic E-state index is 0.103. The number of nitrogens with one attached hydrogen (secondary N) is 1. The van der Waals surface area contributed by atoms with E-state index in [2.05, 4.69) is 45.3 Å². The minimum atomic E-state index is 0.103. The number of ether oxygens (including phenoxy) is 2. The van der Waals surface area contributed by atoms with Crippen LogP contribution in [-0.4, -0.2) is 69.3 Å². The molecule has 116 valence electrons. The van der Waals surface area contributed by atoms with Gasteiger partial charge in [-0.25, -0.2) is 0 Å². The van der Waals surface area contributed by atoms with Gasteiger partial charge in [-0.05, 0) is 37.1 Å². The number of halogens is 1. The molecule has 1 N–H and O–H groups in total. The third-order valence-corrected chi connectivity index (χ3v) is 3.60. The highest BCUT2D eigenvalue weighted by molar-refractivity contribution is 9.10. The highest BCUT2D eigenvalue weighted by Gasteiger charge is 2.19. The number of methoxy groups -OCH3 is 1. The van der Waals surface area contributed by atoms with Crippen LogP contribution in [0.4, 0.5) is 0 Å². The Morgan fingerprint density at radius 1 is 1.45 bits per heavy atom. The number of hydrogen-bond acceptors (Lipinski definition) is 5. The quantitative estimate of drug-likeness (QED) is 0.642. The van der Waals surface area contributed by atoms with Crippen molar-refractivity contribution in [1.29, 1.82) is 0 Å². The first-order chi connectivity index (χ1) is 9.60. The zero-order valence-electron chi connectivity index (χ0n) is 12.7. The first kappa shape index (κ1) is 17.6. The first-order valence-electron chi connectivity index (χ1n) is 6.70. The van der Waals surface area contributed by atoms with Gasteiger partial charge >= 0.3 is 0 Å². The van der Waals surface area contributed by atoms with Crippen LogP contribution in [0.5, 0.6) is 0 Å². The van der Waals surface area contributed by atoms with Crippen molar-refractivity contribution in [3.8, 4) is 0 Å². The summed E-state index contributed by atoms with van der Waals surface area (Å²) in [6.45, 7) is 3.59. The summed E-state index contributed by atoms with van der Waals surface area (Å²) in [5.74, 6) is 0. The van der Waals surface area contributed by atoms with Crippen LogP contribution in [0.25, 0.3) is 0 Å².